The molecule has 0 fully saturated rings. The number of hydrogen-bond donors (Lipinski definition) is 3. The SMILES string of the molecule is COc1cccc(C(=O)Nc2ccc(Nc3cc(Nc4cc(C)ccn4)ncn3)cc2)c1OC. The molecule has 9 nitrogen and oxygen atoms in total. The molecule has 0 radical (unpaired) electrons. The Labute approximate surface area is 197 Å². The lowest BCUT2D eigenvalue weighted by molar-refractivity contribution is 0.102. The maximum absolute atomic E-state index is 12.8. The van der Waals surface area contributed by atoms with Crippen LogP contribution in [0.5, 0.6) is 11.5 Å². The summed E-state index contributed by atoms with van der Waals surface area (Å²) in [6, 6.07) is 18.1. The van der Waals surface area contributed by atoms with E-state index in [1.165, 1.54) is 20.5 Å². The van der Waals surface area contributed by atoms with Crippen LogP contribution < -0.4 is 25.4 Å². The van der Waals surface area contributed by atoms with Crippen LogP contribution in [0.25, 0.3) is 0 Å². The van der Waals surface area contributed by atoms with Gasteiger partial charge in [-0.1, -0.05) is 6.07 Å². The summed E-state index contributed by atoms with van der Waals surface area (Å²) in [7, 11) is 3.03. The van der Waals surface area contributed by atoms with Crippen LogP contribution in [0.2, 0.25) is 0 Å². The van der Waals surface area contributed by atoms with Crippen molar-refractivity contribution in [3.63, 3.8) is 0 Å². The monoisotopic (exact) mass is 456 g/mol. The molecular formula is C25H24N6O3. The molecule has 0 saturated heterocycles. The van der Waals surface area contributed by atoms with Gasteiger partial charge in [0.25, 0.3) is 5.91 Å². The Morgan fingerprint density at radius 1 is 0.794 bits per heavy atom. The fraction of sp³-hybridized carbons (Fsp3) is 0.120. The average Bonchev–Trinajstić information content (AvgIpc) is 2.85. The van der Waals surface area contributed by atoms with E-state index in [1.807, 2.05) is 31.2 Å². The smallest absolute Gasteiger partial charge is 0.259 e. The molecule has 0 atom stereocenters. The Hall–Kier alpha value is -4.66. The van der Waals surface area contributed by atoms with Crippen LogP contribution in [0.15, 0.2) is 73.2 Å². The molecule has 172 valence electrons. The number of carbonyl (C=O) groups excluding carboxylic acids is 1. The van der Waals surface area contributed by atoms with E-state index in [-0.39, 0.29) is 5.91 Å². The fourth-order valence-electron chi connectivity index (χ4n) is 3.28. The molecule has 0 aliphatic heterocycles. The largest absolute Gasteiger partial charge is 0.493 e. The lowest BCUT2D eigenvalue weighted by Gasteiger charge is -2.13. The van der Waals surface area contributed by atoms with Crippen LogP contribution in [0.4, 0.5) is 28.8 Å². The van der Waals surface area contributed by atoms with Crippen molar-refractivity contribution in [1.29, 1.82) is 0 Å². The molecular weight excluding hydrogens is 432 g/mol. The summed E-state index contributed by atoms with van der Waals surface area (Å²) in [4.78, 5) is 25.5. The highest BCUT2D eigenvalue weighted by Gasteiger charge is 2.16. The number of benzene rings is 2. The van der Waals surface area contributed by atoms with Crippen molar-refractivity contribution >= 4 is 34.7 Å². The molecule has 0 unspecified atom stereocenters. The van der Waals surface area contributed by atoms with Gasteiger partial charge < -0.3 is 25.4 Å². The first kappa shape index (κ1) is 22.5. The van der Waals surface area contributed by atoms with E-state index in [4.69, 9.17) is 9.47 Å². The predicted molar refractivity (Wildman–Crippen MR) is 132 cm³/mol. The molecule has 0 spiro atoms. The van der Waals surface area contributed by atoms with Gasteiger partial charge in [-0.3, -0.25) is 4.79 Å². The number of aryl methyl sites for hydroxylation is 1. The van der Waals surface area contributed by atoms with E-state index in [2.05, 4.69) is 30.9 Å². The standard InChI is InChI=1S/C25H24N6O3/c1-16-11-12-26-21(13-16)31-23-14-22(27-15-28-23)29-17-7-9-18(10-8-17)30-25(32)19-5-4-6-20(33-2)24(19)34-3/h4-15H,1-3H3,(H,30,32)(H2,26,27,28,29,31). The summed E-state index contributed by atoms with van der Waals surface area (Å²) in [5.74, 6) is 2.52. The Kier molecular flexibility index (Phi) is 6.83. The number of carbonyl (C=O) groups is 1. The molecule has 4 aromatic rings. The maximum Gasteiger partial charge on any atom is 0.259 e. The van der Waals surface area contributed by atoms with Crippen molar-refractivity contribution in [2.45, 2.75) is 6.92 Å². The van der Waals surface area contributed by atoms with Crippen molar-refractivity contribution < 1.29 is 14.3 Å². The number of aromatic nitrogens is 3. The number of amides is 1. The van der Waals surface area contributed by atoms with Gasteiger partial charge in [0.1, 0.15) is 23.8 Å². The van der Waals surface area contributed by atoms with Crippen molar-refractivity contribution in [3.8, 4) is 11.5 Å². The van der Waals surface area contributed by atoms with E-state index in [0.717, 1.165) is 11.3 Å². The highest BCUT2D eigenvalue weighted by Crippen LogP contribution is 2.31. The summed E-state index contributed by atoms with van der Waals surface area (Å²) in [6.07, 6.45) is 3.21. The number of anilines is 5. The molecule has 0 saturated carbocycles. The molecule has 0 aliphatic rings. The number of hydrogen-bond acceptors (Lipinski definition) is 8. The minimum Gasteiger partial charge on any atom is -0.493 e. The minimum atomic E-state index is -0.298. The second-order valence-corrected chi connectivity index (χ2v) is 7.33. The lowest BCUT2D eigenvalue weighted by Crippen LogP contribution is -2.13. The van der Waals surface area contributed by atoms with Gasteiger partial charge in [0.2, 0.25) is 0 Å². The van der Waals surface area contributed by atoms with Gasteiger partial charge in [-0.15, -0.1) is 0 Å². The molecule has 34 heavy (non-hydrogen) atoms. The van der Waals surface area contributed by atoms with Gasteiger partial charge in [0.05, 0.1) is 19.8 Å². The summed E-state index contributed by atoms with van der Waals surface area (Å²) < 4.78 is 10.6. The molecule has 0 aliphatic carbocycles. The Morgan fingerprint density at radius 3 is 2.21 bits per heavy atom. The third-order valence-electron chi connectivity index (χ3n) is 4.90. The van der Waals surface area contributed by atoms with Crippen molar-refractivity contribution in [2.24, 2.45) is 0 Å². The second kappa shape index (κ2) is 10.3. The number of nitrogens with one attached hydrogen (secondary N) is 3. The van der Waals surface area contributed by atoms with Crippen molar-refractivity contribution in [3.05, 3.63) is 84.3 Å². The van der Waals surface area contributed by atoms with Crippen LogP contribution >= 0.6 is 0 Å². The molecule has 4 rings (SSSR count). The molecule has 2 heterocycles. The maximum atomic E-state index is 12.8. The number of nitrogens with zero attached hydrogens (tertiary/aromatic N) is 3. The quantitative estimate of drug-likeness (QED) is 0.342. The van der Waals surface area contributed by atoms with Crippen LogP contribution in [-0.4, -0.2) is 35.1 Å². The normalized spacial score (nSPS) is 10.3. The Balaban J connectivity index is 1.42. The first-order chi connectivity index (χ1) is 16.6. The zero-order valence-corrected chi connectivity index (χ0v) is 19.0. The highest BCUT2D eigenvalue weighted by atomic mass is 16.5. The first-order valence-electron chi connectivity index (χ1n) is 10.5. The number of para-hydroxylation sites is 1. The van der Waals surface area contributed by atoms with Gasteiger partial charge >= 0.3 is 0 Å². The molecule has 1 amide bonds. The third kappa shape index (κ3) is 5.39. The zero-order valence-electron chi connectivity index (χ0n) is 19.0. The number of methoxy groups -OCH3 is 2. The molecule has 2 aromatic heterocycles. The molecule has 2 aromatic carbocycles. The predicted octanol–water partition coefficient (Wildman–Crippen LogP) is 4.94. The van der Waals surface area contributed by atoms with Crippen LogP contribution in [-0.2, 0) is 0 Å². The van der Waals surface area contributed by atoms with Crippen molar-refractivity contribution in [1.82, 2.24) is 15.0 Å². The number of ether oxygens (including phenoxy) is 2. The first-order valence-corrected chi connectivity index (χ1v) is 10.5. The summed E-state index contributed by atoms with van der Waals surface area (Å²) in [5, 5.41) is 9.26. The van der Waals surface area contributed by atoms with E-state index in [1.54, 1.807) is 42.6 Å². The Bertz CT molecular complexity index is 1290. The molecule has 0 bridgehead atoms. The zero-order chi connectivity index (χ0) is 23.9. The third-order valence-corrected chi connectivity index (χ3v) is 4.90. The van der Waals surface area contributed by atoms with Gasteiger partial charge in [-0.2, -0.15) is 0 Å². The topological polar surface area (TPSA) is 110 Å². The lowest BCUT2D eigenvalue weighted by atomic mass is 10.1. The summed E-state index contributed by atoms with van der Waals surface area (Å²) in [6.45, 7) is 2.00. The van der Waals surface area contributed by atoms with Crippen molar-refractivity contribution in [2.75, 3.05) is 30.2 Å². The summed E-state index contributed by atoms with van der Waals surface area (Å²) >= 11 is 0. The van der Waals surface area contributed by atoms with Gasteiger partial charge in [-0.05, 0) is 61.0 Å². The van der Waals surface area contributed by atoms with Crippen LogP contribution in [0.3, 0.4) is 0 Å². The molecule has 9 heteroatoms. The van der Waals surface area contributed by atoms with E-state index < -0.39 is 0 Å². The average molecular weight is 457 g/mol. The van der Waals surface area contributed by atoms with E-state index in [9.17, 15) is 4.79 Å². The second-order valence-electron chi connectivity index (χ2n) is 7.33. The molecule has 3 N–H and O–H groups in total. The van der Waals surface area contributed by atoms with Gasteiger partial charge in [0, 0.05) is 23.6 Å². The Morgan fingerprint density at radius 2 is 1.50 bits per heavy atom. The van der Waals surface area contributed by atoms with E-state index in [0.29, 0.717) is 40.2 Å². The number of pyridine rings is 1. The fourth-order valence-corrected chi connectivity index (χ4v) is 3.28. The van der Waals surface area contributed by atoms with Gasteiger partial charge in [-0.25, -0.2) is 15.0 Å². The van der Waals surface area contributed by atoms with E-state index >= 15 is 0 Å². The minimum absolute atomic E-state index is 0.298. The van der Waals surface area contributed by atoms with Gasteiger partial charge in [0.15, 0.2) is 11.5 Å². The van der Waals surface area contributed by atoms with Crippen LogP contribution in [0.1, 0.15) is 15.9 Å². The highest BCUT2D eigenvalue weighted by molar-refractivity contribution is 6.06. The summed E-state index contributed by atoms with van der Waals surface area (Å²) in [5.41, 5.74) is 2.92. The van der Waals surface area contributed by atoms with Crippen LogP contribution in [0, 0.1) is 6.92 Å². The number of rotatable bonds is 8.